The van der Waals surface area contributed by atoms with Crippen molar-refractivity contribution in [3.8, 4) is 0 Å². The van der Waals surface area contributed by atoms with Crippen LogP contribution in [0, 0.1) is 12.8 Å². The zero-order valence-electron chi connectivity index (χ0n) is 11.1. The highest BCUT2D eigenvalue weighted by atomic mass is 16.3. The Labute approximate surface area is 112 Å². The first-order chi connectivity index (χ1) is 9.16. The number of β-amino-alcohol motifs (C(OH)–C–C–N with tert-alkyl or cyclic N) is 1. The van der Waals surface area contributed by atoms with Gasteiger partial charge in [0.05, 0.1) is 18.6 Å². The highest BCUT2D eigenvalue weighted by molar-refractivity contribution is 5.81. The van der Waals surface area contributed by atoms with E-state index in [1.165, 1.54) is 23.8 Å². The lowest BCUT2D eigenvalue weighted by atomic mass is 9.88. The van der Waals surface area contributed by atoms with Crippen LogP contribution in [-0.4, -0.2) is 28.8 Å². The summed E-state index contributed by atoms with van der Waals surface area (Å²) in [4.78, 5) is 6.97. The van der Waals surface area contributed by atoms with Crippen molar-refractivity contribution in [1.82, 2.24) is 4.98 Å². The first-order valence-corrected chi connectivity index (χ1v) is 6.99. The van der Waals surface area contributed by atoms with E-state index in [2.05, 4.69) is 24.0 Å². The first kappa shape index (κ1) is 11.2. The van der Waals surface area contributed by atoms with Gasteiger partial charge in [-0.25, -0.2) is 4.98 Å². The molecule has 3 heteroatoms. The van der Waals surface area contributed by atoms with Crippen LogP contribution in [0.15, 0.2) is 30.3 Å². The van der Waals surface area contributed by atoms with Crippen molar-refractivity contribution < 1.29 is 5.11 Å². The molecule has 0 amide bonds. The molecule has 1 aromatic heterocycles. The molecule has 0 spiro atoms. The Balaban J connectivity index is 1.66. The predicted molar refractivity (Wildman–Crippen MR) is 76.4 cm³/mol. The number of hydrogen-bond donors (Lipinski definition) is 1. The van der Waals surface area contributed by atoms with Gasteiger partial charge in [-0.1, -0.05) is 18.2 Å². The van der Waals surface area contributed by atoms with Gasteiger partial charge < -0.3 is 10.0 Å². The molecule has 1 aromatic carbocycles. The van der Waals surface area contributed by atoms with Gasteiger partial charge in [0.15, 0.2) is 0 Å². The van der Waals surface area contributed by atoms with Gasteiger partial charge in [-0.3, -0.25) is 0 Å². The van der Waals surface area contributed by atoms with E-state index in [9.17, 15) is 5.11 Å². The van der Waals surface area contributed by atoms with Crippen molar-refractivity contribution in [2.24, 2.45) is 5.92 Å². The van der Waals surface area contributed by atoms with Crippen LogP contribution >= 0.6 is 0 Å². The topological polar surface area (TPSA) is 36.4 Å². The average molecular weight is 254 g/mol. The highest BCUT2D eigenvalue weighted by Crippen LogP contribution is 2.45. The average Bonchev–Trinajstić information content (AvgIpc) is 3.19. The summed E-state index contributed by atoms with van der Waals surface area (Å²) in [6, 6.07) is 10.4. The van der Waals surface area contributed by atoms with Crippen molar-refractivity contribution in [3.05, 3.63) is 35.9 Å². The van der Waals surface area contributed by atoms with Gasteiger partial charge in [0, 0.05) is 5.39 Å². The summed E-state index contributed by atoms with van der Waals surface area (Å²) in [7, 11) is 0. The molecule has 4 rings (SSSR count). The fraction of sp³-hybridized carbons (Fsp3) is 0.438. The molecule has 0 radical (unpaired) electrons. The Morgan fingerprint density at radius 2 is 2.00 bits per heavy atom. The van der Waals surface area contributed by atoms with Crippen molar-refractivity contribution in [1.29, 1.82) is 0 Å². The number of fused-ring (bicyclic) bond motifs is 1. The van der Waals surface area contributed by atoms with Gasteiger partial charge in [-0.15, -0.1) is 0 Å². The minimum atomic E-state index is -0.445. The van der Waals surface area contributed by atoms with Gasteiger partial charge >= 0.3 is 0 Å². The number of nitrogens with zero attached hydrogens (tertiary/aromatic N) is 2. The standard InChI is InChI=1S/C16H18N2O/c1-11-8-12-4-2-3-5-14(12)17-15(11)18-9-16(19,10-18)13-6-7-13/h2-5,8,13,19H,6-7,9-10H2,1H3. The lowest BCUT2D eigenvalue weighted by Gasteiger charge is -2.48. The molecule has 1 aliphatic carbocycles. The van der Waals surface area contributed by atoms with Gasteiger partial charge in [0.25, 0.3) is 0 Å². The molecule has 2 aromatic rings. The van der Waals surface area contributed by atoms with Gasteiger partial charge in [-0.05, 0) is 43.4 Å². The van der Waals surface area contributed by atoms with Crippen molar-refractivity contribution in [3.63, 3.8) is 0 Å². The van der Waals surface area contributed by atoms with Gasteiger partial charge in [0.2, 0.25) is 0 Å². The third-order valence-electron chi connectivity index (χ3n) is 4.45. The van der Waals surface area contributed by atoms with Crippen molar-refractivity contribution in [2.45, 2.75) is 25.4 Å². The Hall–Kier alpha value is -1.61. The smallest absolute Gasteiger partial charge is 0.132 e. The Morgan fingerprint density at radius 3 is 2.74 bits per heavy atom. The maximum atomic E-state index is 10.4. The molecular weight excluding hydrogens is 236 g/mol. The van der Waals surface area contributed by atoms with Crippen LogP contribution in [0.25, 0.3) is 10.9 Å². The SMILES string of the molecule is Cc1cc2ccccc2nc1N1CC(O)(C2CC2)C1. The van der Waals surface area contributed by atoms with Crippen LogP contribution < -0.4 is 4.90 Å². The van der Waals surface area contributed by atoms with Crippen LogP contribution in [0.1, 0.15) is 18.4 Å². The van der Waals surface area contributed by atoms with Gasteiger partial charge in [0.1, 0.15) is 11.4 Å². The van der Waals surface area contributed by atoms with E-state index in [1.54, 1.807) is 0 Å². The summed E-state index contributed by atoms with van der Waals surface area (Å²) in [6.45, 7) is 3.58. The number of anilines is 1. The molecule has 1 aliphatic heterocycles. The second-order valence-corrected chi connectivity index (χ2v) is 6.06. The van der Waals surface area contributed by atoms with Crippen LogP contribution in [0.3, 0.4) is 0 Å². The van der Waals surface area contributed by atoms with E-state index in [1.807, 2.05) is 18.2 Å². The Bertz CT molecular complexity index is 642. The molecule has 1 N–H and O–H groups in total. The summed E-state index contributed by atoms with van der Waals surface area (Å²) in [6.07, 6.45) is 2.38. The van der Waals surface area contributed by atoms with Gasteiger partial charge in [-0.2, -0.15) is 0 Å². The molecule has 2 heterocycles. The van der Waals surface area contributed by atoms with Crippen molar-refractivity contribution >= 4 is 16.7 Å². The number of aliphatic hydroxyl groups is 1. The highest BCUT2D eigenvalue weighted by Gasteiger charge is 2.52. The fourth-order valence-corrected chi connectivity index (χ4v) is 3.17. The molecule has 98 valence electrons. The molecule has 3 nitrogen and oxygen atoms in total. The monoisotopic (exact) mass is 254 g/mol. The molecule has 0 bridgehead atoms. The third-order valence-corrected chi connectivity index (χ3v) is 4.45. The number of rotatable bonds is 2. The molecular formula is C16H18N2O. The zero-order valence-corrected chi connectivity index (χ0v) is 11.1. The lowest BCUT2D eigenvalue weighted by molar-refractivity contribution is -0.00976. The minimum absolute atomic E-state index is 0.445. The van der Waals surface area contributed by atoms with Crippen LogP contribution in [-0.2, 0) is 0 Å². The number of para-hydroxylation sites is 1. The maximum absolute atomic E-state index is 10.4. The molecule has 0 atom stereocenters. The summed E-state index contributed by atoms with van der Waals surface area (Å²) in [5, 5.41) is 11.6. The summed E-state index contributed by atoms with van der Waals surface area (Å²) in [5.74, 6) is 1.56. The number of hydrogen-bond acceptors (Lipinski definition) is 3. The van der Waals surface area contributed by atoms with E-state index in [-0.39, 0.29) is 0 Å². The molecule has 1 saturated carbocycles. The maximum Gasteiger partial charge on any atom is 0.132 e. The molecule has 1 saturated heterocycles. The normalized spacial score (nSPS) is 21.5. The van der Waals surface area contributed by atoms with E-state index >= 15 is 0 Å². The Morgan fingerprint density at radius 1 is 1.26 bits per heavy atom. The van der Waals surface area contributed by atoms with Crippen LogP contribution in [0.5, 0.6) is 0 Å². The molecule has 2 fully saturated rings. The third kappa shape index (κ3) is 1.72. The summed E-state index contributed by atoms with van der Waals surface area (Å²) < 4.78 is 0. The second-order valence-electron chi connectivity index (χ2n) is 6.06. The largest absolute Gasteiger partial charge is 0.386 e. The van der Waals surface area contributed by atoms with E-state index in [4.69, 9.17) is 4.98 Å². The summed E-state index contributed by atoms with van der Waals surface area (Å²) >= 11 is 0. The van der Waals surface area contributed by atoms with Crippen molar-refractivity contribution in [2.75, 3.05) is 18.0 Å². The molecule has 19 heavy (non-hydrogen) atoms. The first-order valence-electron chi connectivity index (χ1n) is 6.99. The number of pyridine rings is 1. The number of aromatic nitrogens is 1. The van der Waals surface area contributed by atoms with Crippen LogP contribution in [0.4, 0.5) is 5.82 Å². The minimum Gasteiger partial charge on any atom is -0.386 e. The molecule has 0 unspecified atom stereocenters. The van der Waals surface area contributed by atoms with Crippen LogP contribution in [0.2, 0.25) is 0 Å². The summed E-state index contributed by atoms with van der Waals surface area (Å²) in [5.41, 5.74) is 1.78. The number of aryl methyl sites for hydroxylation is 1. The fourth-order valence-electron chi connectivity index (χ4n) is 3.17. The zero-order chi connectivity index (χ0) is 13.0. The predicted octanol–water partition coefficient (Wildman–Crippen LogP) is 2.50. The van der Waals surface area contributed by atoms with E-state index in [0.717, 1.165) is 24.4 Å². The van der Waals surface area contributed by atoms with E-state index in [0.29, 0.717) is 5.92 Å². The quantitative estimate of drug-likeness (QED) is 0.894. The molecule has 2 aliphatic rings. The second kappa shape index (κ2) is 3.70. The van der Waals surface area contributed by atoms with E-state index < -0.39 is 5.60 Å². The lowest BCUT2D eigenvalue weighted by Crippen LogP contribution is -2.63. The Kier molecular flexibility index (Phi) is 2.19. The number of benzene rings is 1.